The van der Waals surface area contributed by atoms with E-state index >= 15 is 0 Å². The summed E-state index contributed by atoms with van der Waals surface area (Å²) < 4.78 is 0. The third kappa shape index (κ3) is 5.37. The summed E-state index contributed by atoms with van der Waals surface area (Å²) in [5.74, 6) is -0.135. The summed E-state index contributed by atoms with van der Waals surface area (Å²) in [7, 11) is 0. The van der Waals surface area contributed by atoms with E-state index in [9.17, 15) is 4.79 Å². The van der Waals surface area contributed by atoms with Crippen molar-refractivity contribution in [1.29, 1.82) is 0 Å². The number of rotatable bonds is 6. The Kier molecular flexibility index (Phi) is 6.76. The molecule has 5 heteroatoms. The van der Waals surface area contributed by atoms with Gasteiger partial charge in [-0.25, -0.2) is 4.98 Å². The highest BCUT2D eigenvalue weighted by Crippen LogP contribution is 2.31. The molecule has 0 aliphatic heterocycles. The summed E-state index contributed by atoms with van der Waals surface area (Å²) in [5.41, 5.74) is 5.46. The van der Waals surface area contributed by atoms with Gasteiger partial charge in [0, 0.05) is 22.5 Å². The largest absolute Gasteiger partial charge is 0.352 e. The first kappa shape index (κ1) is 20.4. The Hall–Kier alpha value is -2.30. The summed E-state index contributed by atoms with van der Waals surface area (Å²) in [4.78, 5) is 18.8. The molecule has 1 N–H and O–H groups in total. The van der Waals surface area contributed by atoms with E-state index in [2.05, 4.69) is 48.4 Å². The lowest BCUT2D eigenvalue weighted by molar-refractivity contribution is 0.0951. The van der Waals surface area contributed by atoms with Crippen molar-refractivity contribution in [2.24, 2.45) is 0 Å². The van der Waals surface area contributed by atoms with Gasteiger partial charge >= 0.3 is 0 Å². The quantitative estimate of drug-likeness (QED) is 0.523. The minimum atomic E-state index is -0.135. The number of nitrogens with zero attached hydrogens (tertiary/aromatic N) is 1. The van der Waals surface area contributed by atoms with Crippen LogP contribution in [0.3, 0.4) is 0 Å². The lowest BCUT2D eigenvalue weighted by atomic mass is 10.0. The van der Waals surface area contributed by atoms with Gasteiger partial charge in [-0.2, -0.15) is 0 Å². The third-order valence-electron chi connectivity index (χ3n) is 4.47. The Labute approximate surface area is 175 Å². The van der Waals surface area contributed by atoms with Crippen LogP contribution < -0.4 is 5.32 Å². The van der Waals surface area contributed by atoms with Crippen LogP contribution in [0, 0.1) is 20.8 Å². The number of aromatic nitrogens is 1. The molecule has 0 saturated heterocycles. The van der Waals surface area contributed by atoms with Gasteiger partial charge in [0.1, 0.15) is 5.15 Å². The number of pyridine rings is 1. The average molecular weight is 411 g/mol. The van der Waals surface area contributed by atoms with Crippen molar-refractivity contribution in [1.82, 2.24) is 10.3 Å². The number of carbonyl (C=O) groups excluding carboxylic acids is 1. The van der Waals surface area contributed by atoms with Gasteiger partial charge in [-0.15, -0.1) is 0 Å². The second kappa shape index (κ2) is 9.26. The molecular formula is C23H23ClN2OS. The molecule has 0 saturated carbocycles. The Morgan fingerprint density at radius 3 is 2.61 bits per heavy atom. The highest BCUT2D eigenvalue weighted by molar-refractivity contribution is 7.99. The number of amides is 1. The molecule has 3 nitrogen and oxygen atoms in total. The number of benzene rings is 2. The SMILES string of the molecule is Cc1cccc(Sc2cnc(Cl)cc2C(=O)NCCc2ccc(C)cc2C)c1. The first-order valence-corrected chi connectivity index (χ1v) is 10.4. The van der Waals surface area contributed by atoms with E-state index in [-0.39, 0.29) is 5.91 Å². The fourth-order valence-corrected chi connectivity index (χ4v) is 4.18. The Balaban J connectivity index is 1.71. The van der Waals surface area contributed by atoms with Gasteiger partial charge < -0.3 is 5.32 Å². The van der Waals surface area contributed by atoms with Crippen molar-refractivity contribution in [3.05, 3.63) is 87.7 Å². The van der Waals surface area contributed by atoms with Crippen molar-refractivity contribution in [3.8, 4) is 0 Å². The molecule has 1 amide bonds. The van der Waals surface area contributed by atoms with Crippen LogP contribution in [0.2, 0.25) is 5.15 Å². The molecule has 0 aliphatic rings. The molecule has 1 aromatic heterocycles. The van der Waals surface area contributed by atoms with Crippen LogP contribution in [0.4, 0.5) is 0 Å². The average Bonchev–Trinajstić information content (AvgIpc) is 2.65. The summed E-state index contributed by atoms with van der Waals surface area (Å²) >= 11 is 7.57. The van der Waals surface area contributed by atoms with Gasteiger partial charge in [-0.05, 0) is 56.5 Å². The third-order valence-corrected chi connectivity index (χ3v) is 5.72. The molecule has 0 radical (unpaired) electrons. The smallest absolute Gasteiger partial charge is 0.252 e. The second-order valence-corrected chi connectivity index (χ2v) is 8.36. The zero-order valence-corrected chi connectivity index (χ0v) is 17.8. The van der Waals surface area contributed by atoms with E-state index in [1.54, 1.807) is 12.3 Å². The van der Waals surface area contributed by atoms with Crippen molar-refractivity contribution in [2.45, 2.75) is 37.0 Å². The minimum absolute atomic E-state index is 0.135. The minimum Gasteiger partial charge on any atom is -0.352 e. The van der Waals surface area contributed by atoms with Crippen LogP contribution in [0.15, 0.2) is 64.5 Å². The fraction of sp³-hybridized carbons (Fsp3) is 0.217. The monoisotopic (exact) mass is 410 g/mol. The maximum Gasteiger partial charge on any atom is 0.252 e. The van der Waals surface area contributed by atoms with E-state index in [1.165, 1.54) is 34.0 Å². The summed E-state index contributed by atoms with van der Waals surface area (Å²) in [6.45, 7) is 6.80. The maximum absolute atomic E-state index is 12.8. The Bertz CT molecular complexity index is 1000. The van der Waals surface area contributed by atoms with Crippen LogP contribution in [0.25, 0.3) is 0 Å². The van der Waals surface area contributed by atoms with Crippen LogP contribution in [0.1, 0.15) is 32.6 Å². The van der Waals surface area contributed by atoms with Crippen molar-refractivity contribution in [3.63, 3.8) is 0 Å². The Morgan fingerprint density at radius 1 is 1.07 bits per heavy atom. The number of halogens is 1. The topological polar surface area (TPSA) is 42.0 Å². The molecule has 0 atom stereocenters. The zero-order valence-electron chi connectivity index (χ0n) is 16.3. The van der Waals surface area contributed by atoms with E-state index in [4.69, 9.17) is 11.6 Å². The normalized spacial score (nSPS) is 10.7. The molecule has 0 fully saturated rings. The maximum atomic E-state index is 12.8. The van der Waals surface area contributed by atoms with Crippen molar-refractivity contribution in [2.75, 3.05) is 6.54 Å². The molecule has 3 aromatic rings. The van der Waals surface area contributed by atoms with Gasteiger partial charge in [0.2, 0.25) is 0 Å². The fourth-order valence-electron chi connectivity index (χ4n) is 3.01. The Morgan fingerprint density at radius 2 is 1.86 bits per heavy atom. The van der Waals surface area contributed by atoms with E-state index < -0.39 is 0 Å². The predicted molar refractivity (Wildman–Crippen MR) is 117 cm³/mol. The molecule has 3 rings (SSSR count). The molecule has 0 aliphatic carbocycles. The van der Waals surface area contributed by atoms with Gasteiger partial charge in [-0.3, -0.25) is 4.79 Å². The molecule has 1 heterocycles. The number of hydrogen-bond donors (Lipinski definition) is 1. The zero-order chi connectivity index (χ0) is 20.1. The summed E-state index contributed by atoms with van der Waals surface area (Å²) in [6, 6.07) is 16.2. The first-order valence-electron chi connectivity index (χ1n) is 9.17. The molecule has 0 spiro atoms. The number of hydrogen-bond acceptors (Lipinski definition) is 3. The highest BCUT2D eigenvalue weighted by atomic mass is 35.5. The van der Waals surface area contributed by atoms with Crippen LogP contribution in [0.5, 0.6) is 0 Å². The lowest BCUT2D eigenvalue weighted by Gasteiger charge is -2.11. The standard InChI is InChI=1S/C23H23ClN2OS/c1-15-5-4-6-19(12-15)28-21-14-26-22(24)13-20(21)23(27)25-10-9-18-8-7-16(2)11-17(18)3/h4-8,11-14H,9-10H2,1-3H3,(H,25,27). The van der Waals surface area contributed by atoms with Crippen LogP contribution in [-0.2, 0) is 6.42 Å². The van der Waals surface area contributed by atoms with Crippen LogP contribution in [-0.4, -0.2) is 17.4 Å². The molecule has 0 bridgehead atoms. The van der Waals surface area contributed by atoms with E-state index in [1.807, 2.05) is 25.1 Å². The van der Waals surface area contributed by atoms with Crippen molar-refractivity contribution >= 4 is 29.3 Å². The second-order valence-electron chi connectivity index (χ2n) is 6.86. The molecule has 144 valence electrons. The predicted octanol–water partition coefficient (Wildman–Crippen LogP) is 5.78. The van der Waals surface area contributed by atoms with Gasteiger partial charge in [0.05, 0.1) is 5.56 Å². The van der Waals surface area contributed by atoms with Crippen molar-refractivity contribution < 1.29 is 4.79 Å². The van der Waals surface area contributed by atoms with Gasteiger partial charge in [0.25, 0.3) is 5.91 Å². The number of aryl methyl sites for hydroxylation is 3. The van der Waals surface area contributed by atoms with Crippen LogP contribution >= 0.6 is 23.4 Å². The number of carbonyl (C=O) groups is 1. The molecule has 28 heavy (non-hydrogen) atoms. The van der Waals surface area contributed by atoms with Gasteiger partial charge in [-0.1, -0.05) is 64.8 Å². The summed E-state index contributed by atoms with van der Waals surface area (Å²) in [5, 5.41) is 3.33. The molecule has 2 aromatic carbocycles. The first-order chi connectivity index (χ1) is 13.4. The van der Waals surface area contributed by atoms with E-state index in [0.29, 0.717) is 17.3 Å². The lowest BCUT2D eigenvalue weighted by Crippen LogP contribution is -2.26. The summed E-state index contributed by atoms with van der Waals surface area (Å²) in [6.07, 6.45) is 2.45. The molecule has 0 unspecified atom stereocenters. The van der Waals surface area contributed by atoms with Gasteiger partial charge in [0.15, 0.2) is 0 Å². The number of nitrogens with one attached hydrogen (secondary N) is 1. The van der Waals surface area contributed by atoms with E-state index in [0.717, 1.165) is 16.2 Å². The molecular weight excluding hydrogens is 388 g/mol. The highest BCUT2D eigenvalue weighted by Gasteiger charge is 2.14.